The Balaban J connectivity index is 2.24. The fourth-order valence-corrected chi connectivity index (χ4v) is 3.15. The third kappa shape index (κ3) is 1.65. The van der Waals surface area contributed by atoms with Gasteiger partial charge in [-0.2, -0.15) is 0 Å². The Morgan fingerprint density at radius 2 is 2.28 bits per heavy atom. The first-order valence-corrected chi connectivity index (χ1v) is 7.08. The lowest BCUT2D eigenvalue weighted by molar-refractivity contribution is 0.171. The fourth-order valence-electron chi connectivity index (χ4n) is 2.44. The van der Waals surface area contributed by atoms with E-state index < -0.39 is 0 Å². The van der Waals surface area contributed by atoms with Crippen LogP contribution in [0, 0.1) is 0 Å². The molecule has 0 aromatic heterocycles. The average Bonchev–Trinajstić information content (AvgIpc) is 2.82. The Kier molecular flexibility index (Phi) is 2.86. The Morgan fingerprint density at radius 3 is 3.00 bits per heavy atom. The zero-order valence-corrected chi connectivity index (χ0v) is 11.5. The second kappa shape index (κ2) is 4.39. The van der Waals surface area contributed by atoms with Crippen molar-refractivity contribution in [2.45, 2.75) is 19.4 Å². The summed E-state index contributed by atoms with van der Waals surface area (Å²) >= 11 is 1.64. The highest BCUT2D eigenvalue weighted by Gasteiger charge is 2.30. The van der Waals surface area contributed by atoms with Crippen LogP contribution in [0.1, 0.15) is 18.1 Å². The molecule has 0 bridgehead atoms. The molecule has 2 heterocycles. The van der Waals surface area contributed by atoms with Crippen molar-refractivity contribution in [3.63, 3.8) is 0 Å². The summed E-state index contributed by atoms with van der Waals surface area (Å²) in [6.07, 6.45) is 2.94. The Bertz CT molecular complexity index is 527. The van der Waals surface area contributed by atoms with Crippen LogP contribution >= 0.6 is 11.8 Å². The zero-order valence-electron chi connectivity index (χ0n) is 10.6. The van der Waals surface area contributed by atoms with Gasteiger partial charge in [-0.1, -0.05) is 0 Å². The summed E-state index contributed by atoms with van der Waals surface area (Å²) in [6.45, 7) is 2.38. The monoisotopic (exact) mass is 265 g/mol. The van der Waals surface area contributed by atoms with Gasteiger partial charge in [-0.15, -0.1) is 11.8 Å². The van der Waals surface area contributed by atoms with Gasteiger partial charge in [-0.25, -0.2) is 0 Å². The summed E-state index contributed by atoms with van der Waals surface area (Å²) in [5.74, 6) is 2.23. The zero-order chi connectivity index (χ0) is 12.7. The van der Waals surface area contributed by atoms with Crippen LogP contribution in [0.4, 0.5) is 0 Å². The van der Waals surface area contributed by atoms with Crippen molar-refractivity contribution < 1.29 is 14.2 Å². The van der Waals surface area contributed by atoms with E-state index in [-0.39, 0.29) is 6.79 Å². The molecule has 0 aliphatic carbocycles. The lowest BCUT2D eigenvalue weighted by Crippen LogP contribution is -2.17. The third-order valence-corrected chi connectivity index (χ3v) is 3.86. The molecule has 4 nitrogen and oxygen atoms in total. The molecular weight excluding hydrogens is 250 g/mol. The van der Waals surface area contributed by atoms with Crippen LogP contribution < -0.4 is 14.2 Å². The summed E-state index contributed by atoms with van der Waals surface area (Å²) < 4.78 is 16.5. The average molecular weight is 265 g/mol. The first kappa shape index (κ1) is 11.7. The minimum Gasteiger partial charge on any atom is -0.492 e. The molecule has 96 valence electrons. The van der Waals surface area contributed by atoms with Crippen molar-refractivity contribution in [2.75, 3.05) is 20.2 Å². The van der Waals surface area contributed by atoms with Crippen molar-refractivity contribution in [1.29, 1.82) is 0 Å². The molecule has 0 saturated carbocycles. The summed E-state index contributed by atoms with van der Waals surface area (Å²) in [7, 11) is 1.66. The Hall–Kier alpha value is -1.36. The van der Waals surface area contributed by atoms with Crippen molar-refractivity contribution in [3.8, 4) is 17.2 Å². The van der Waals surface area contributed by atoms with Crippen LogP contribution in [-0.4, -0.2) is 31.2 Å². The molecule has 0 N–H and O–H groups in total. The standard InChI is InChI=1S/C13H15NO3S/c1-7-4-8-5-9-11(17-6-16-9)12(15-2)10(8)13(14-7)18-3/h5,7H,4,6H2,1-3H3. The van der Waals surface area contributed by atoms with Gasteiger partial charge in [-0.05, 0) is 31.2 Å². The van der Waals surface area contributed by atoms with E-state index in [1.54, 1.807) is 18.9 Å². The van der Waals surface area contributed by atoms with Crippen LogP contribution in [0.2, 0.25) is 0 Å². The molecule has 0 amide bonds. The summed E-state index contributed by atoms with van der Waals surface area (Å²) in [6, 6.07) is 2.35. The largest absolute Gasteiger partial charge is 0.492 e. The molecule has 5 heteroatoms. The third-order valence-electron chi connectivity index (χ3n) is 3.17. The number of hydrogen-bond acceptors (Lipinski definition) is 5. The lowest BCUT2D eigenvalue weighted by atomic mass is 9.97. The van der Waals surface area contributed by atoms with E-state index in [2.05, 4.69) is 18.0 Å². The molecule has 1 aromatic carbocycles. The van der Waals surface area contributed by atoms with E-state index in [1.165, 1.54) is 5.56 Å². The molecule has 18 heavy (non-hydrogen) atoms. The van der Waals surface area contributed by atoms with Crippen LogP contribution in [0.15, 0.2) is 11.1 Å². The SMILES string of the molecule is COc1c2c(cc3c1C(SC)=NC(C)C3)OCO2. The molecule has 1 atom stereocenters. The summed E-state index contributed by atoms with van der Waals surface area (Å²) in [4.78, 5) is 4.68. The molecule has 0 spiro atoms. The van der Waals surface area contributed by atoms with Gasteiger partial charge in [0.1, 0.15) is 5.04 Å². The molecule has 0 saturated heterocycles. The first-order chi connectivity index (χ1) is 8.74. The van der Waals surface area contributed by atoms with Gasteiger partial charge >= 0.3 is 0 Å². The molecule has 1 aromatic rings. The molecule has 2 aliphatic rings. The van der Waals surface area contributed by atoms with E-state index >= 15 is 0 Å². The number of aliphatic imine (C=N–C) groups is 1. The Labute approximate surface area is 110 Å². The number of ether oxygens (including phenoxy) is 3. The van der Waals surface area contributed by atoms with E-state index in [4.69, 9.17) is 14.2 Å². The fraction of sp³-hybridized carbons (Fsp3) is 0.462. The maximum absolute atomic E-state index is 5.52. The number of nitrogens with zero attached hydrogens (tertiary/aromatic N) is 1. The number of rotatable bonds is 1. The van der Waals surface area contributed by atoms with E-state index in [0.29, 0.717) is 11.8 Å². The van der Waals surface area contributed by atoms with Gasteiger partial charge < -0.3 is 14.2 Å². The summed E-state index contributed by atoms with van der Waals surface area (Å²) in [5.41, 5.74) is 2.29. The van der Waals surface area contributed by atoms with Crippen molar-refractivity contribution in [3.05, 3.63) is 17.2 Å². The number of fused-ring (bicyclic) bond motifs is 2. The van der Waals surface area contributed by atoms with E-state index in [0.717, 1.165) is 28.5 Å². The number of benzene rings is 1. The van der Waals surface area contributed by atoms with Crippen LogP contribution in [0.3, 0.4) is 0 Å². The number of thioether (sulfide) groups is 1. The predicted octanol–water partition coefficient (Wildman–Crippen LogP) is 2.48. The van der Waals surface area contributed by atoms with Gasteiger partial charge in [0, 0.05) is 0 Å². The van der Waals surface area contributed by atoms with Crippen LogP contribution in [-0.2, 0) is 6.42 Å². The molecule has 2 aliphatic heterocycles. The van der Waals surface area contributed by atoms with Gasteiger partial charge in [0.2, 0.25) is 12.5 Å². The van der Waals surface area contributed by atoms with Crippen molar-refractivity contribution in [1.82, 2.24) is 0 Å². The molecule has 1 unspecified atom stereocenters. The quantitative estimate of drug-likeness (QED) is 0.782. The van der Waals surface area contributed by atoms with Crippen molar-refractivity contribution in [2.24, 2.45) is 4.99 Å². The normalized spacial score (nSPS) is 20.4. The van der Waals surface area contributed by atoms with Gasteiger partial charge in [0.05, 0.1) is 18.7 Å². The number of hydrogen-bond donors (Lipinski definition) is 0. The van der Waals surface area contributed by atoms with Crippen molar-refractivity contribution >= 4 is 16.8 Å². The first-order valence-electron chi connectivity index (χ1n) is 5.86. The highest BCUT2D eigenvalue weighted by atomic mass is 32.2. The number of methoxy groups -OCH3 is 1. The lowest BCUT2D eigenvalue weighted by Gasteiger charge is -2.23. The van der Waals surface area contributed by atoms with Gasteiger partial charge in [-0.3, -0.25) is 4.99 Å². The Morgan fingerprint density at radius 1 is 1.44 bits per heavy atom. The predicted molar refractivity (Wildman–Crippen MR) is 72.3 cm³/mol. The minimum atomic E-state index is 0.260. The second-order valence-corrected chi connectivity index (χ2v) is 5.16. The second-order valence-electron chi connectivity index (χ2n) is 4.37. The highest BCUT2D eigenvalue weighted by molar-refractivity contribution is 8.13. The smallest absolute Gasteiger partial charge is 0.231 e. The molecular formula is C13H15NO3S. The molecule has 3 rings (SSSR count). The van der Waals surface area contributed by atoms with Crippen LogP contribution in [0.5, 0.6) is 17.2 Å². The summed E-state index contributed by atoms with van der Waals surface area (Å²) in [5, 5.41) is 1.01. The van der Waals surface area contributed by atoms with Gasteiger partial charge in [0.25, 0.3) is 0 Å². The van der Waals surface area contributed by atoms with Crippen LogP contribution in [0.25, 0.3) is 0 Å². The highest BCUT2D eigenvalue weighted by Crippen LogP contribution is 2.47. The topological polar surface area (TPSA) is 40.0 Å². The van der Waals surface area contributed by atoms with Gasteiger partial charge in [0.15, 0.2) is 11.5 Å². The molecule has 0 radical (unpaired) electrons. The minimum absolute atomic E-state index is 0.260. The maximum Gasteiger partial charge on any atom is 0.231 e. The molecule has 0 fully saturated rings. The van der Waals surface area contributed by atoms with E-state index in [1.807, 2.05) is 6.26 Å². The maximum atomic E-state index is 5.52. The van der Waals surface area contributed by atoms with E-state index in [9.17, 15) is 0 Å².